The average Bonchev–Trinajstić information content (AvgIpc) is 2.28. The Labute approximate surface area is 75.6 Å². The van der Waals surface area contributed by atoms with Gasteiger partial charge in [-0.3, -0.25) is 4.90 Å². The smallest absolute Gasteiger partial charge is 0.0664 e. The van der Waals surface area contributed by atoms with Crippen molar-refractivity contribution < 1.29 is 5.11 Å². The number of aliphatic hydroxyl groups is 1. The molecule has 1 aliphatic rings. The highest BCUT2D eigenvalue weighted by Gasteiger charge is 2.32. The monoisotopic (exact) mass is 171 g/mol. The number of hydrogen-bond donors (Lipinski definition) is 1. The summed E-state index contributed by atoms with van der Waals surface area (Å²) < 4.78 is 0. The number of nitrogens with zero attached hydrogens (tertiary/aromatic N) is 1. The predicted octanol–water partition coefficient (Wildman–Crippen LogP) is 1.49. The summed E-state index contributed by atoms with van der Waals surface area (Å²) in [6, 6.07) is 0.312. The van der Waals surface area contributed by atoms with Gasteiger partial charge in [-0.2, -0.15) is 0 Å². The Morgan fingerprint density at radius 3 is 2.25 bits per heavy atom. The lowest BCUT2D eigenvalue weighted by Crippen LogP contribution is -2.39. The first-order chi connectivity index (χ1) is 5.42. The predicted molar refractivity (Wildman–Crippen MR) is 51.1 cm³/mol. The maximum absolute atomic E-state index is 9.41. The summed E-state index contributed by atoms with van der Waals surface area (Å²) in [6.07, 6.45) is 1.04. The summed E-state index contributed by atoms with van der Waals surface area (Å²) in [5, 5.41) is 9.41. The molecule has 1 aliphatic heterocycles. The van der Waals surface area contributed by atoms with Crippen molar-refractivity contribution in [2.75, 3.05) is 13.1 Å². The Morgan fingerprint density at radius 2 is 1.92 bits per heavy atom. The Bertz CT molecular complexity index is 154. The fourth-order valence-electron chi connectivity index (χ4n) is 1.81. The largest absolute Gasteiger partial charge is 0.392 e. The first-order valence-corrected chi connectivity index (χ1v) is 4.84. The van der Waals surface area contributed by atoms with E-state index in [2.05, 4.69) is 25.7 Å². The highest BCUT2D eigenvalue weighted by Crippen LogP contribution is 2.30. The van der Waals surface area contributed by atoms with Crippen molar-refractivity contribution >= 4 is 0 Å². The zero-order valence-electron chi connectivity index (χ0n) is 8.67. The Hall–Kier alpha value is -0.0800. The van der Waals surface area contributed by atoms with Crippen molar-refractivity contribution in [3.05, 3.63) is 0 Å². The molecule has 0 aliphatic carbocycles. The lowest BCUT2D eigenvalue weighted by atomic mass is 9.93. The van der Waals surface area contributed by atoms with Crippen molar-refractivity contribution in [3.63, 3.8) is 0 Å². The number of hydrogen-bond acceptors (Lipinski definition) is 2. The van der Waals surface area contributed by atoms with Crippen molar-refractivity contribution in [2.24, 2.45) is 5.41 Å². The quantitative estimate of drug-likeness (QED) is 0.680. The topological polar surface area (TPSA) is 23.5 Å². The van der Waals surface area contributed by atoms with Gasteiger partial charge in [0.05, 0.1) is 6.10 Å². The van der Waals surface area contributed by atoms with Crippen LogP contribution in [0.4, 0.5) is 0 Å². The van der Waals surface area contributed by atoms with Gasteiger partial charge in [-0.1, -0.05) is 13.8 Å². The van der Waals surface area contributed by atoms with Crippen LogP contribution in [-0.2, 0) is 0 Å². The molecule has 0 amide bonds. The van der Waals surface area contributed by atoms with Crippen molar-refractivity contribution in [2.45, 2.75) is 46.3 Å². The van der Waals surface area contributed by atoms with Crippen LogP contribution in [0.1, 0.15) is 34.1 Å². The molecule has 2 unspecified atom stereocenters. The third kappa shape index (κ3) is 2.20. The maximum Gasteiger partial charge on any atom is 0.0664 e. The second-order valence-corrected chi connectivity index (χ2v) is 4.87. The van der Waals surface area contributed by atoms with Crippen LogP contribution < -0.4 is 0 Å². The van der Waals surface area contributed by atoms with E-state index in [1.807, 2.05) is 6.92 Å². The van der Waals surface area contributed by atoms with Gasteiger partial charge in [0, 0.05) is 12.6 Å². The zero-order chi connectivity index (χ0) is 9.35. The van der Waals surface area contributed by atoms with E-state index >= 15 is 0 Å². The zero-order valence-corrected chi connectivity index (χ0v) is 8.67. The van der Waals surface area contributed by atoms with E-state index in [1.54, 1.807) is 0 Å². The van der Waals surface area contributed by atoms with E-state index in [-0.39, 0.29) is 6.10 Å². The summed E-state index contributed by atoms with van der Waals surface area (Å²) >= 11 is 0. The van der Waals surface area contributed by atoms with Crippen LogP contribution in [0.25, 0.3) is 0 Å². The highest BCUT2D eigenvalue weighted by molar-refractivity contribution is 4.86. The molecule has 72 valence electrons. The van der Waals surface area contributed by atoms with Crippen LogP contribution in [-0.4, -0.2) is 35.2 Å². The van der Waals surface area contributed by atoms with E-state index in [9.17, 15) is 5.11 Å². The van der Waals surface area contributed by atoms with Gasteiger partial charge in [-0.05, 0) is 32.2 Å². The summed E-state index contributed by atoms with van der Waals surface area (Å²) in [7, 11) is 0. The van der Waals surface area contributed by atoms with Crippen LogP contribution >= 0.6 is 0 Å². The van der Waals surface area contributed by atoms with E-state index in [4.69, 9.17) is 0 Å². The van der Waals surface area contributed by atoms with Gasteiger partial charge in [-0.25, -0.2) is 0 Å². The molecule has 0 saturated carbocycles. The molecule has 1 fully saturated rings. The van der Waals surface area contributed by atoms with E-state index in [0.717, 1.165) is 13.1 Å². The van der Waals surface area contributed by atoms with Gasteiger partial charge < -0.3 is 5.11 Å². The molecular weight excluding hydrogens is 150 g/mol. The van der Waals surface area contributed by atoms with Gasteiger partial charge in [0.25, 0.3) is 0 Å². The highest BCUT2D eigenvalue weighted by atomic mass is 16.3. The molecule has 0 aromatic heterocycles. The van der Waals surface area contributed by atoms with Crippen LogP contribution in [0, 0.1) is 5.41 Å². The third-order valence-electron chi connectivity index (χ3n) is 2.98. The molecule has 1 saturated heterocycles. The van der Waals surface area contributed by atoms with Crippen molar-refractivity contribution in [1.29, 1.82) is 0 Å². The Morgan fingerprint density at radius 1 is 1.33 bits per heavy atom. The van der Waals surface area contributed by atoms with E-state index in [1.165, 1.54) is 6.42 Å². The van der Waals surface area contributed by atoms with Crippen molar-refractivity contribution in [1.82, 2.24) is 4.90 Å². The van der Waals surface area contributed by atoms with Crippen molar-refractivity contribution in [3.8, 4) is 0 Å². The van der Waals surface area contributed by atoms with Gasteiger partial charge in [0.1, 0.15) is 0 Å². The summed E-state index contributed by atoms with van der Waals surface area (Å²) in [6.45, 7) is 10.8. The number of likely N-dealkylation sites (tertiary alicyclic amines) is 1. The van der Waals surface area contributed by atoms with Gasteiger partial charge >= 0.3 is 0 Å². The molecule has 1 rings (SSSR count). The third-order valence-corrected chi connectivity index (χ3v) is 2.98. The number of rotatable bonds is 2. The van der Waals surface area contributed by atoms with Gasteiger partial charge in [0.2, 0.25) is 0 Å². The van der Waals surface area contributed by atoms with E-state index in [0.29, 0.717) is 11.5 Å². The minimum absolute atomic E-state index is 0.209. The lowest BCUT2D eigenvalue weighted by molar-refractivity contribution is 0.0799. The minimum Gasteiger partial charge on any atom is -0.392 e. The van der Waals surface area contributed by atoms with Crippen LogP contribution in [0.2, 0.25) is 0 Å². The normalized spacial score (nSPS) is 28.8. The second kappa shape index (κ2) is 3.35. The average molecular weight is 171 g/mol. The molecule has 0 aromatic carbocycles. The first-order valence-electron chi connectivity index (χ1n) is 4.84. The Kier molecular flexibility index (Phi) is 2.79. The standard InChI is InChI=1S/C10H21NO/c1-8(9(2)12)11-6-5-10(3,4)7-11/h8-9,12H,5-7H2,1-4H3. The molecule has 2 nitrogen and oxygen atoms in total. The molecule has 1 heterocycles. The molecular formula is C10H21NO. The molecule has 2 heteroatoms. The van der Waals surface area contributed by atoms with Crippen LogP contribution in [0.15, 0.2) is 0 Å². The van der Waals surface area contributed by atoms with Gasteiger partial charge in [-0.15, -0.1) is 0 Å². The van der Waals surface area contributed by atoms with Crippen LogP contribution in [0.5, 0.6) is 0 Å². The van der Waals surface area contributed by atoms with E-state index < -0.39 is 0 Å². The molecule has 0 aromatic rings. The SMILES string of the molecule is CC(O)C(C)N1CCC(C)(C)C1. The molecule has 2 atom stereocenters. The number of aliphatic hydroxyl groups excluding tert-OH is 1. The summed E-state index contributed by atoms with van der Waals surface area (Å²) in [4.78, 5) is 2.38. The summed E-state index contributed by atoms with van der Waals surface area (Å²) in [5.41, 5.74) is 0.448. The minimum atomic E-state index is -0.209. The summed E-state index contributed by atoms with van der Waals surface area (Å²) in [5.74, 6) is 0. The molecule has 1 N–H and O–H groups in total. The van der Waals surface area contributed by atoms with Crippen LogP contribution in [0.3, 0.4) is 0 Å². The second-order valence-electron chi connectivity index (χ2n) is 4.87. The Balaban J connectivity index is 2.47. The fourth-order valence-corrected chi connectivity index (χ4v) is 1.81. The fraction of sp³-hybridized carbons (Fsp3) is 1.00. The first kappa shape index (κ1) is 10.0. The maximum atomic E-state index is 9.41. The molecule has 12 heavy (non-hydrogen) atoms. The molecule has 0 spiro atoms. The molecule has 0 bridgehead atoms. The lowest BCUT2D eigenvalue weighted by Gasteiger charge is -2.27. The molecule has 0 radical (unpaired) electrons. The van der Waals surface area contributed by atoms with Gasteiger partial charge in [0.15, 0.2) is 0 Å².